The SMILES string of the molecule is N#Cc1cccc(C(=O)Nc2cc(N3CCOCC3)ccc2Cl)c1. The van der Waals surface area contributed by atoms with Crippen LogP contribution in [0.2, 0.25) is 5.02 Å². The van der Waals surface area contributed by atoms with Crippen LogP contribution in [-0.4, -0.2) is 32.2 Å². The summed E-state index contributed by atoms with van der Waals surface area (Å²) in [5.41, 5.74) is 2.40. The van der Waals surface area contributed by atoms with Gasteiger partial charge in [0.05, 0.1) is 35.6 Å². The second kappa shape index (κ2) is 7.35. The summed E-state index contributed by atoms with van der Waals surface area (Å²) in [5.74, 6) is -0.298. The number of amides is 1. The molecule has 2 aromatic rings. The molecule has 3 rings (SSSR count). The second-order valence-corrected chi connectivity index (χ2v) is 5.82. The van der Waals surface area contributed by atoms with E-state index in [1.165, 1.54) is 0 Å². The zero-order valence-corrected chi connectivity index (χ0v) is 13.7. The van der Waals surface area contributed by atoms with Crippen LogP contribution >= 0.6 is 11.6 Å². The molecule has 1 saturated heterocycles. The standard InChI is InChI=1S/C18H16ClN3O2/c19-16-5-4-15(22-6-8-24-9-7-22)11-17(16)21-18(23)14-3-1-2-13(10-14)12-20/h1-5,10-11H,6-9H2,(H,21,23). The van der Waals surface area contributed by atoms with Crippen LogP contribution < -0.4 is 10.2 Å². The van der Waals surface area contributed by atoms with Gasteiger partial charge in [0.25, 0.3) is 5.91 Å². The highest BCUT2D eigenvalue weighted by Gasteiger charge is 2.14. The number of nitrogens with one attached hydrogen (secondary N) is 1. The van der Waals surface area contributed by atoms with E-state index in [-0.39, 0.29) is 5.91 Å². The second-order valence-electron chi connectivity index (χ2n) is 5.41. The summed E-state index contributed by atoms with van der Waals surface area (Å²) in [6, 6.07) is 14.1. The maximum absolute atomic E-state index is 12.4. The molecule has 1 heterocycles. The fourth-order valence-corrected chi connectivity index (χ4v) is 2.72. The lowest BCUT2D eigenvalue weighted by Gasteiger charge is -2.29. The summed E-state index contributed by atoms with van der Waals surface area (Å²) in [6.45, 7) is 2.98. The lowest BCUT2D eigenvalue weighted by Crippen LogP contribution is -2.36. The minimum absolute atomic E-state index is 0.298. The number of carbonyl (C=O) groups excluding carboxylic acids is 1. The lowest BCUT2D eigenvalue weighted by molar-refractivity contribution is 0.102. The van der Waals surface area contributed by atoms with Crippen molar-refractivity contribution in [2.75, 3.05) is 36.5 Å². The Kier molecular flexibility index (Phi) is 4.99. The number of hydrogen-bond donors (Lipinski definition) is 1. The minimum atomic E-state index is -0.298. The molecule has 0 bridgehead atoms. The third-order valence-corrected chi connectivity index (χ3v) is 4.16. The molecule has 1 amide bonds. The third kappa shape index (κ3) is 3.67. The van der Waals surface area contributed by atoms with Gasteiger partial charge < -0.3 is 15.0 Å². The summed E-state index contributed by atoms with van der Waals surface area (Å²) in [7, 11) is 0. The molecule has 24 heavy (non-hydrogen) atoms. The molecular weight excluding hydrogens is 326 g/mol. The molecule has 1 aliphatic rings. The van der Waals surface area contributed by atoms with Crippen molar-refractivity contribution in [2.24, 2.45) is 0 Å². The molecule has 0 saturated carbocycles. The zero-order chi connectivity index (χ0) is 16.9. The van der Waals surface area contributed by atoms with Crippen molar-refractivity contribution in [3.05, 3.63) is 58.6 Å². The first-order valence-electron chi connectivity index (χ1n) is 7.61. The number of rotatable bonds is 3. The topological polar surface area (TPSA) is 65.4 Å². The molecule has 0 radical (unpaired) electrons. The summed E-state index contributed by atoms with van der Waals surface area (Å²) in [4.78, 5) is 14.6. The molecule has 2 aromatic carbocycles. The van der Waals surface area contributed by atoms with Gasteiger partial charge in [0, 0.05) is 24.3 Å². The summed E-state index contributed by atoms with van der Waals surface area (Å²) < 4.78 is 5.36. The fourth-order valence-electron chi connectivity index (χ4n) is 2.55. The maximum Gasteiger partial charge on any atom is 0.255 e. The van der Waals surface area contributed by atoms with Crippen molar-refractivity contribution in [1.29, 1.82) is 5.26 Å². The first-order chi connectivity index (χ1) is 11.7. The molecule has 1 N–H and O–H groups in total. The summed E-state index contributed by atoms with van der Waals surface area (Å²) >= 11 is 6.21. The number of ether oxygens (including phenoxy) is 1. The number of benzene rings is 2. The largest absolute Gasteiger partial charge is 0.378 e. The van der Waals surface area contributed by atoms with Crippen molar-refractivity contribution in [3.8, 4) is 6.07 Å². The quantitative estimate of drug-likeness (QED) is 0.930. The van der Waals surface area contributed by atoms with Gasteiger partial charge in [0.15, 0.2) is 0 Å². The first-order valence-corrected chi connectivity index (χ1v) is 7.99. The predicted molar refractivity (Wildman–Crippen MR) is 93.6 cm³/mol. The van der Waals surface area contributed by atoms with Gasteiger partial charge in [-0.05, 0) is 36.4 Å². The van der Waals surface area contributed by atoms with E-state index < -0.39 is 0 Å². The van der Waals surface area contributed by atoms with Gasteiger partial charge >= 0.3 is 0 Å². The molecule has 0 atom stereocenters. The number of nitrogens with zero attached hydrogens (tertiary/aromatic N) is 2. The van der Waals surface area contributed by atoms with E-state index in [1.54, 1.807) is 30.3 Å². The Morgan fingerprint density at radius 2 is 2.00 bits per heavy atom. The minimum Gasteiger partial charge on any atom is -0.378 e. The number of nitriles is 1. The van der Waals surface area contributed by atoms with Gasteiger partial charge in [-0.1, -0.05) is 17.7 Å². The molecule has 6 heteroatoms. The van der Waals surface area contributed by atoms with Gasteiger partial charge in [-0.3, -0.25) is 4.79 Å². The van der Waals surface area contributed by atoms with E-state index in [4.69, 9.17) is 21.6 Å². The Morgan fingerprint density at radius 3 is 2.75 bits per heavy atom. The normalized spacial score (nSPS) is 14.1. The Balaban J connectivity index is 1.81. The Labute approximate surface area is 145 Å². The van der Waals surface area contributed by atoms with Crippen LogP contribution in [0.4, 0.5) is 11.4 Å². The lowest BCUT2D eigenvalue weighted by atomic mass is 10.1. The van der Waals surface area contributed by atoms with Gasteiger partial charge in [-0.25, -0.2) is 0 Å². The highest BCUT2D eigenvalue weighted by molar-refractivity contribution is 6.34. The summed E-state index contributed by atoms with van der Waals surface area (Å²) in [5, 5.41) is 12.2. The van der Waals surface area contributed by atoms with E-state index in [1.807, 2.05) is 18.2 Å². The molecular formula is C18H16ClN3O2. The molecule has 1 fully saturated rings. The van der Waals surface area contributed by atoms with E-state index >= 15 is 0 Å². The highest BCUT2D eigenvalue weighted by Crippen LogP contribution is 2.28. The van der Waals surface area contributed by atoms with Crippen LogP contribution in [0.3, 0.4) is 0 Å². The van der Waals surface area contributed by atoms with E-state index in [9.17, 15) is 4.79 Å². The van der Waals surface area contributed by atoms with Crippen LogP contribution in [0.15, 0.2) is 42.5 Å². The number of carbonyl (C=O) groups is 1. The molecule has 1 aliphatic heterocycles. The number of anilines is 2. The predicted octanol–water partition coefficient (Wildman–Crippen LogP) is 3.30. The molecule has 0 unspecified atom stereocenters. The molecule has 122 valence electrons. The maximum atomic E-state index is 12.4. The first kappa shape index (κ1) is 16.3. The zero-order valence-electron chi connectivity index (χ0n) is 13.0. The monoisotopic (exact) mass is 341 g/mol. The van der Waals surface area contributed by atoms with Crippen LogP contribution in [0.1, 0.15) is 15.9 Å². The van der Waals surface area contributed by atoms with Gasteiger partial charge in [-0.2, -0.15) is 5.26 Å². The van der Waals surface area contributed by atoms with Crippen molar-refractivity contribution in [3.63, 3.8) is 0 Å². The number of hydrogen-bond acceptors (Lipinski definition) is 4. The molecule has 5 nitrogen and oxygen atoms in total. The van der Waals surface area contributed by atoms with E-state index in [0.29, 0.717) is 35.1 Å². The van der Waals surface area contributed by atoms with Crippen LogP contribution in [-0.2, 0) is 4.74 Å². The van der Waals surface area contributed by atoms with Crippen molar-refractivity contribution < 1.29 is 9.53 Å². The molecule has 0 aliphatic carbocycles. The Morgan fingerprint density at radius 1 is 1.21 bits per heavy atom. The van der Waals surface area contributed by atoms with E-state index in [2.05, 4.69) is 10.2 Å². The fraction of sp³-hybridized carbons (Fsp3) is 0.222. The van der Waals surface area contributed by atoms with Crippen molar-refractivity contribution >= 4 is 28.9 Å². The Hall–Kier alpha value is -2.55. The van der Waals surface area contributed by atoms with Crippen molar-refractivity contribution in [2.45, 2.75) is 0 Å². The highest BCUT2D eigenvalue weighted by atomic mass is 35.5. The van der Waals surface area contributed by atoms with Crippen LogP contribution in [0.5, 0.6) is 0 Å². The molecule has 0 spiro atoms. The van der Waals surface area contributed by atoms with Gasteiger partial charge in [-0.15, -0.1) is 0 Å². The number of halogens is 1. The molecule has 0 aromatic heterocycles. The number of morpholine rings is 1. The average Bonchev–Trinajstić information content (AvgIpc) is 2.64. The van der Waals surface area contributed by atoms with Gasteiger partial charge in [0.1, 0.15) is 0 Å². The van der Waals surface area contributed by atoms with Gasteiger partial charge in [0.2, 0.25) is 0 Å². The smallest absolute Gasteiger partial charge is 0.255 e. The Bertz CT molecular complexity index is 795. The van der Waals surface area contributed by atoms with Crippen LogP contribution in [0.25, 0.3) is 0 Å². The van der Waals surface area contributed by atoms with E-state index in [0.717, 1.165) is 18.8 Å². The summed E-state index contributed by atoms with van der Waals surface area (Å²) in [6.07, 6.45) is 0. The van der Waals surface area contributed by atoms with Crippen LogP contribution in [0, 0.1) is 11.3 Å². The average molecular weight is 342 g/mol. The van der Waals surface area contributed by atoms with Crippen molar-refractivity contribution in [1.82, 2.24) is 0 Å². The third-order valence-electron chi connectivity index (χ3n) is 3.83.